The van der Waals surface area contributed by atoms with Gasteiger partial charge < -0.3 is 14.8 Å². The van der Waals surface area contributed by atoms with Gasteiger partial charge in [0.05, 0.1) is 6.61 Å². The number of alkyl carbamates (subject to hydrolysis) is 1. The molecule has 0 unspecified atom stereocenters. The summed E-state index contributed by atoms with van der Waals surface area (Å²) in [5.74, 6) is 1.72. The minimum atomic E-state index is -0.728. The molecular weight excluding hydrogens is 198 g/mol. The molecule has 5 heteroatoms. The van der Waals surface area contributed by atoms with Gasteiger partial charge in [-0.15, -0.1) is 6.42 Å². The molecule has 0 rings (SSSR count). The molecule has 0 heterocycles. The van der Waals surface area contributed by atoms with Crippen molar-refractivity contribution in [2.24, 2.45) is 0 Å². The number of ether oxygens (including phenoxy) is 2. The molecule has 0 aliphatic rings. The molecule has 0 saturated heterocycles. The van der Waals surface area contributed by atoms with Gasteiger partial charge in [0.2, 0.25) is 0 Å². The third-order valence-corrected chi connectivity index (χ3v) is 1.36. The molecule has 0 aromatic heterocycles. The van der Waals surface area contributed by atoms with Crippen molar-refractivity contribution in [3.8, 4) is 12.3 Å². The SMILES string of the molecule is C#C[C@H](C)OC(=O)NCC(=O)OCCC. The second-order valence-corrected chi connectivity index (χ2v) is 2.79. The van der Waals surface area contributed by atoms with Crippen LogP contribution in [0.2, 0.25) is 0 Å². The molecule has 1 atom stereocenters. The van der Waals surface area contributed by atoms with Crippen LogP contribution in [0.1, 0.15) is 20.3 Å². The lowest BCUT2D eigenvalue weighted by atomic mass is 10.4. The number of hydrogen-bond donors (Lipinski definition) is 1. The summed E-state index contributed by atoms with van der Waals surface area (Å²) in [6.45, 7) is 3.56. The predicted molar refractivity (Wildman–Crippen MR) is 54.0 cm³/mol. The minimum absolute atomic E-state index is 0.212. The number of carbonyl (C=O) groups excluding carboxylic acids is 2. The van der Waals surface area contributed by atoms with E-state index < -0.39 is 18.2 Å². The van der Waals surface area contributed by atoms with Crippen LogP contribution in [-0.4, -0.2) is 31.3 Å². The molecule has 5 nitrogen and oxygen atoms in total. The molecule has 0 aromatic rings. The van der Waals surface area contributed by atoms with Crippen molar-refractivity contribution >= 4 is 12.1 Å². The van der Waals surface area contributed by atoms with Crippen LogP contribution < -0.4 is 5.32 Å². The van der Waals surface area contributed by atoms with E-state index in [4.69, 9.17) is 11.2 Å². The lowest BCUT2D eigenvalue weighted by Crippen LogP contribution is -2.32. The normalized spacial score (nSPS) is 11.0. The molecule has 0 spiro atoms. The van der Waals surface area contributed by atoms with E-state index in [-0.39, 0.29) is 6.54 Å². The van der Waals surface area contributed by atoms with Crippen LogP contribution >= 0.6 is 0 Å². The average Bonchev–Trinajstić information content (AvgIpc) is 2.23. The summed E-state index contributed by atoms with van der Waals surface area (Å²) in [7, 11) is 0. The van der Waals surface area contributed by atoms with E-state index in [2.05, 4.69) is 16.0 Å². The zero-order chi connectivity index (χ0) is 11.7. The second kappa shape index (κ2) is 7.68. The molecule has 84 valence electrons. The highest BCUT2D eigenvalue weighted by molar-refractivity contribution is 5.77. The number of carbonyl (C=O) groups is 2. The Morgan fingerprint density at radius 2 is 2.20 bits per heavy atom. The van der Waals surface area contributed by atoms with E-state index in [1.54, 1.807) is 6.92 Å². The number of nitrogens with one attached hydrogen (secondary N) is 1. The van der Waals surface area contributed by atoms with Crippen molar-refractivity contribution < 1.29 is 19.1 Å². The van der Waals surface area contributed by atoms with Crippen LogP contribution in [0, 0.1) is 12.3 Å². The van der Waals surface area contributed by atoms with Gasteiger partial charge in [-0.2, -0.15) is 0 Å². The second-order valence-electron chi connectivity index (χ2n) is 2.79. The number of terminal acetylenes is 1. The highest BCUT2D eigenvalue weighted by Gasteiger charge is 2.08. The fraction of sp³-hybridized carbons (Fsp3) is 0.600. The number of amides is 1. The van der Waals surface area contributed by atoms with Crippen LogP contribution in [0.15, 0.2) is 0 Å². The van der Waals surface area contributed by atoms with Crippen molar-refractivity contribution in [2.75, 3.05) is 13.2 Å². The summed E-state index contributed by atoms with van der Waals surface area (Å²) in [6.07, 6.45) is 4.39. The summed E-state index contributed by atoms with van der Waals surface area (Å²) in [6, 6.07) is 0. The first-order valence-corrected chi connectivity index (χ1v) is 4.66. The van der Waals surface area contributed by atoms with Crippen LogP contribution in [0.25, 0.3) is 0 Å². The number of hydrogen-bond acceptors (Lipinski definition) is 4. The standard InChI is InChI=1S/C10H15NO4/c1-4-6-14-9(12)7-11-10(13)15-8(3)5-2/h2,8H,4,6-7H2,1,3H3,(H,11,13)/t8-/m0/s1. The molecule has 0 aliphatic carbocycles. The summed E-state index contributed by atoms with van der Waals surface area (Å²) < 4.78 is 9.38. The van der Waals surface area contributed by atoms with Crippen LogP contribution in [0.4, 0.5) is 4.79 Å². The highest BCUT2D eigenvalue weighted by atomic mass is 16.6. The molecule has 15 heavy (non-hydrogen) atoms. The molecule has 0 aliphatic heterocycles. The third kappa shape index (κ3) is 7.38. The van der Waals surface area contributed by atoms with E-state index >= 15 is 0 Å². The van der Waals surface area contributed by atoms with Crippen molar-refractivity contribution in [3.05, 3.63) is 0 Å². The Morgan fingerprint density at radius 3 is 2.73 bits per heavy atom. The van der Waals surface area contributed by atoms with Crippen LogP contribution in [-0.2, 0) is 14.3 Å². The van der Waals surface area contributed by atoms with Gasteiger partial charge in [-0.3, -0.25) is 4.79 Å². The van der Waals surface area contributed by atoms with Crippen molar-refractivity contribution in [1.29, 1.82) is 0 Å². The fourth-order valence-electron chi connectivity index (χ4n) is 0.648. The van der Waals surface area contributed by atoms with Gasteiger partial charge in [-0.1, -0.05) is 12.8 Å². The molecule has 0 fully saturated rings. The maximum absolute atomic E-state index is 11.0. The smallest absolute Gasteiger partial charge is 0.408 e. The maximum Gasteiger partial charge on any atom is 0.408 e. The van der Waals surface area contributed by atoms with Gasteiger partial charge in [0.25, 0.3) is 0 Å². The van der Waals surface area contributed by atoms with Crippen molar-refractivity contribution in [1.82, 2.24) is 5.32 Å². The van der Waals surface area contributed by atoms with Crippen molar-refractivity contribution in [2.45, 2.75) is 26.4 Å². The Labute approximate surface area is 89.1 Å². The van der Waals surface area contributed by atoms with E-state index in [9.17, 15) is 9.59 Å². The van der Waals surface area contributed by atoms with Gasteiger partial charge in [0.1, 0.15) is 6.54 Å². The Hall–Kier alpha value is -1.70. The van der Waals surface area contributed by atoms with Gasteiger partial charge in [-0.05, 0) is 13.3 Å². The van der Waals surface area contributed by atoms with E-state index in [0.717, 1.165) is 6.42 Å². The van der Waals surface area contributed by atoms with Crippen LogP contribution in [0.5, 0.6) is 0 Å². The molecule has 0 aromatic carbocycles. The van der Waals surface area contributed by atoms with E-state index in [0.29, 0.717) is 6.61 Å². The highest BCUT2D eigenvalue weighted by Crippen LogP contribution is 1.88. The first kappa shape index (κ1) is 13.3. The van der Waals surface area contributed by atoms with Crippen LogP contribution in [0.3, 0.4) is 0 Å². The first-order chi connectivity index (χ1) is 7.10. The Bertz CT molecular complexity index is 257. The van der Waals surface area contributed by atoms with Gasteiger partial charge >= 0.3 is 12.1 Å². The summed E-state index contributed by atoms with van der Waals surface area (Å²) in [5, 5.41) is 2.23. The zero-order valence-corrected chi connectivity index (χ0v) is 8.91. The third-order valence-electron chi connectivity index (χ3n) is 1.36. The average molecular weight is 213 g/mol. The Balaban J connectivity index is 3.63. The van der Waals surface area contributed by atoms with Gasteiger partial charge in [0.15, 0.2) is 6.10 Å². The summed E-state index contributed by atoms with van der Waals surface area (Å²) >= 11 is 0. The summed E-state index contributed by atoms with van der Waals surface area (Å²) in [5.41, 5.74) is 0. The molecular formula is C10H15NO4. The van der Waals surface area contributed by atoms with Crippen molar-refractivity contribution in [3.63, 3.8) is 0 Å². The quantitative estimate of drug-likeness (QED) is 0.539. The zero-order valence-electron chi connectivity index (χ0n) is 8.91. The van der Waals surface area contributed by atoms with Gasteiger partial charge in [-0.25, -0.2) is 4.79 Å². The first-order valence-electron chi connectivity index (χ1n) is 4.66. The topological polar surface area (TPSA) is 64.6 Å². The number of rotatable bonds is 5. The largest absolute Gasteiger partial charge is 0.464 e. The molecule has 0 radical (unpaired) electrons. The Morgan fingerprint density at radius 1 is 1.53 bits per heavy atom. The molecule has 1 N–H and O–H groups in total. The molecule has 1 amide bonds. The summed E-state index contributed by atoms with van der Waals surface area (Å²) in [4.78, 5) is 21.9. The number of esters is 1. The fourth-order valence-corrected chi connectivity index (χ4v) is 0.648. The lowest BCUT2D eigenvalue weighted by Gasteiger charge is -2.08. The Kier molecular flexibility index (Phi) is 6.81. The van der Waals surface area contributed by atoms with E-state index in [1.807, 2.05) is 6.92 Å². The maximum atomic E-state index is 11.0. The lowest BCUT2D eigenvalue weighted by molar-refractivity contribution is -0.142. The van der Waals surface area contributed by atoms with Gasteiger partial charge in [0, 0.05) is 0 Å². The van der Waals surface area contributed by atoms with E-state index in [1.165, 1.54) is 0 Å². The molecule has 0 bridgehead atoms. The molecule has 0 saturated carbocycles. The predicted octanol–water partition coefficient (Wildman–Crippen LogP) is 0.687. The monoisotopic (exact) mass is 213 g/mol. The minimum Gasteiger partial charge on any atom is -0.464 e.